The second-order valence-electron chi connectivity index (χ2n) is 5.60. The van der Waals surface area contributed by atoms with Gasteiger partial charge in [-0.2, -0.15) is 5.10 Å². The average molecular weight is 295 g/mol. The number of rotatable bonds is 6. The Balaban J connectivity index is 1.69. The predicted octanol–water partition coefficient (Wildman–Crippen LogP) is 1.15. The minimum absolute atomic E-state index is 0.00343. The molecule has 118 valence electrons. The monoisotopic (exact) mass is 295 g/mol. The summed E-state index contributed by atoms with van der Waals surface area (Å²) in [5.41, 5.74) is 2.16. The van der Waals surface area contributed by atoms with Gasteiger partial charge in [0.15, 0.2) is 0 Å². The van der Waals surface area contributed by atoms with Gasteiger partial charge in [0.25, 0.3) is 0 Å². The highest BCUT2D eigenvalue weighted by molar-refractivity contribution is 5.75. The molecule has 1 aromatic rings. The molecule has 0 saturated carbocycles. The van der Waals surface area contributed by atoms with E-state index in [9.17, 15) is 4.79 Å². The summed E-state index contributed by atoms with van der Waals surface area (Å²) in [5, 5.41) is 4.40. The van der Waals surface area contributed by atoms with Gasteiger partial charge in [0, 0.05) is 32.3 Å². The highest BCUT2D eigenvalue weighted by atomic mass is 16.6. The first-order chi connectivity index (χ1) is 10.1. The first-order valence-corrected chi connectivity index (χ1v) is 7.50. The SMILES string of the molecule is Cc1cc(C)n(CCCC(=O)N(C)C[C@H]2COCCO2)n1. The number of ether oxygens (including phenoxy) is 2. The highest BCUT2D eigenvalue weighted by Crippen LogP contribution is 2.07. The molecule has 1 aliphatic heterocycles. The number of likely N-dealkylation sites (N-methyl/N-ethyl adjacent to an activating group) is 1. The molecule has 0 aliphatic carbocycles. The summed E-state index contributed by atoms with van der Waals surface area (Å²) in [7, 11) is 1.82. The zero-order valence-electron chi connectivity index (χ0n) is 13.2. The van der Waals surface area contributed by atoms with Gasteiger partial charge in [-0.15, -0.1) is 0 Å². The smallest absolute Gasteiger partial charge is 0.222 e. The maximum Gasteiger partial charge on any atom is 0.222 e. The van der Waals surface area contributed by atoms with E-state index in [0.29, 0.717) is 32.8 Å². The van der Waals surface area contributed by atoms with Crippen LogP contribution in [0, 0.1) is 13.8 Å². The standard InChI is InChI=1S/C15H25N3O3/c1-12-9-13(2)18(16-12)6-4-5-15(19)17(3)10-14-11-20-7-8-21-14/h9,14H,4-8,10-11H2,1-3H3/t14-/m0/s1. The van der Waals surface area contributed by atoms with Crippen LogP contribution in [-0.4, -0.2) is 60.1 Å². The number of carbonyl (C=O) groups is 1. The number of hydrogen-bond acceptors (Lipinski definition) is 4. The fraction of sp³-hybridized carbons (Fsp3) is 0.733. The predicted molar refractivity (Wildman–Crippen MR) is 79.1 cm³/mol. The van der Waals surface area contributed by atoms with E-state index in [0.717, 1.165) is 24.4 Å². The Morgan fingerprint density at radius 1 is 1.48 bits per heavy atom. The molecule has 0 bridgehead atoms. The Morgan fingerprint density at radius 3 is 2.90 bits per heavy atom. The van der Waals surface area contributed by atoms with Crippen LogP contribution in [0.1, 0.15) is 24.2 Å². The minimum atomic E-state index is 0.00343. The van der Waals surface area contributed by atoms with Gasteiger partial charge in [0.1, 0.15) is 0 Å². The number of nitrogens with zero attached hydrogens (tertiary/aromatic N) is 3. The van der Waals surface area contributed by atoms with Crippen molar-refractivity contribution >= 4 is 5.91 Å². The molecule has 0 radical (unpaired) electrons. The number of aryl methyl sites for hydroxylation is 3. The van der Waals surface area contributed by atoms with E-state index in [1.165, 1.54) is 0 Å². The van der Waals surface area contributed by atoms with Gasteiger partial charge in [-0.1, -0.05) is 0 Å². The molecular weight excluding hydrogens is 270 g/mol. The van der Waals surface area contributed by atoms with E-state index in [2.05, 4.69) is 5.10 Å². The fourth-order valence-electron chi connectivity index (χ4n) is 2.52. The summed E-state index contributed by atoms with van der Waals surface area (Å²) in [5.74, 6) is 0.144. The third kappa shape index (κ3) is 4.82. The van der Waals surface area contributed by atoms with E-state index < -0.39 is 0 Å². The van der Waals surface area contributed by atoms with Gasteiger partial charge < -0.3 is 14.4 Å². The summed E-state index contributed by atoms with van der Waals surface area (Å²) in [6.45, 7) is 7.23. The molecule has 21 heavy (non-hydrogen) atoms. The molecule has 1 fully saturated rings. The topological polar surface area (TPSA) is 56.6 Å². The van der Waals surface area contributed by atoms with Crippen molar-refractivity contribution in [3.63, 3.8) is 0 Å². The van der Waals surface area contributed by atoms with Crippen LogP contribution in [0.5, 0.6) is 0 Å². The fourth-order valence-corrected chi connectivity index (χ4v) is 2.52. The lowest BCUT2D eigenvalue weighted by atomic mass is 10.2. The van der Waals surface area contributed by atoms with E-state index >= 15 is 0 Å². The Morgan fingerprint density at radius 2 is 2.29 bits per heavy atom. The van der Waals surface area contributed by atoms with Gasteiger partial charge in [-0.25, -0.2) is 0 Å². The normalized spacial score (nSPS) is 18.7. The lowest BCUT2D eigenvalue weighted by Gasteiger charge is -2.27. The highest BCUT2D eigenvalue weighted by Gasteiger charge is 2.19. The summed E-state index contributed by atoms with van der Waals surface area (Å²) < 4.78 is 12.9. The molecule has 6 nitrogen and oxygen atoms in total. The van der Waals surface area contributed by atoms with E-state index in [1.54, 1.807) is 4.90 Å². The minimum Gasteiger partial charge on any atom is -0.376 e. The molecular formula is C15H25N3O3. The largest absolute Gasteiger partial charge is 0.376 e. The van der Waals surface area contributed by atoms with Crippen molar-refractivity contribution in [1.29, 1.82) is 0 Å². The Bertz CT molecular complexity index is 467. The zero-order chi connectivity index (χ0) is 15.2. The third-order valence-electron chi connectivity index (χ3n) is 3.65. The first kappa shape index (κ1) is 16.0. The first-order valence-electron chi connectivity index (χ1n) is 7.50. The Kier molecular flexibility index (Phi) is 5.76. The summed E-state index contributed by atoms with van der Waals surface area (Å²) in [4.78, 5) is 13.8. The van der Waals surface area contributed by atoms with Crippen LogP contribution in [-0.2, 0) is 20.8 Å². The molecule has 1 aliphatic rings. The number of hydrogen-bond donors (Lipinski definition) is 0. The van der Waals surface area contributed by atoms with E-state index in [-0.39, 0.29) is 12.0 Å². The molecule has 0 N–H and O–H groups in total. The molecule has 1 aromatic heterocycles. The van der Waals surface area contributed by atoms with Crippen molar-refractivity contribution in [2.24, 2.45) is 0 Å². The van der Waals surface area contributed by atoms with Crippen LogP contribution < -0.4 is 0 Å². The van der Waals surface area contributed by atoms with Gasteiger partial charge in [-0.05, 0) is 26.3 Å². The van der Waals surface area contributed by atoms with Crippen LogP contribution in [0.3, 0.4) is 0 Å². The molecule has 6 heteroatoms. The van der Waals surface area contributed by atoms with Gasteiger partial charge in [0.05, 0.1) is 31.6 Å². The average Bonchev–Trinajstić information content (AvgIpc) is 2.78. The Labute approximate surface area is 126 Å². The Hall–Kier alpha value is -1.40. The molecule has 2 heterocycles. The van der Waals surface area contributed by atoms with Gasteiger partial charge in [0.2, 0.25) is 5.91 Å². The van der Waals surface area contributed by atoms with Crippen LogP contribution in [0.2, 0.25) is 0 Å². The molecule has 0 aromatic carbocycles. The number of carbonyl (C=O) groups excluding carboxylic acids is 1. The zero-order valence-corrected chi connectivity index (χ0v) is 13.2. The number of amides is 1. The van der Waals surface area contributed by atoms with Gasteiger partial charge in [-0.3, -0.25) is 9.48 Å². The quantitative estimate of drug-likeness (QED) is 0.790. The molecule has 1 amide bonds. The number of aromatic nitrogens is 2. The lowest BCUT2D eigenvalue weighted by molar-refractivity contribution is -0.136. The van der Waals surface area contributed by atoms with Crippen molar-refractivity contribution in [2.75, 3.05) is 33.4 Å². The molecule has 2 rings (SSSR count). The van der Waals surface area contributed by atoms with E-state index in [4.69, 9.17) is 9.47 Å². The molecule has 0 unspecified atom stereocenters. The second-order valence-corrected chi connectivity index (χ2v) is 5.60. The van der Waals surface area contributed by atoms with Crippen molar-refractivity contribution in [1.82, 2.24) is 14.7 Å². The summed E-state index contributed by atoms with van der Waals surface area (Å²) >= 11 is 0. The maximum atomic E-state index is 12.1. The van der Waals surface area contributed by atoms with Crippen molar-refractivity contribution in [3.05, 3.63) is 17.5 Å². The van der Waals surface area contributed by atoms with Gasteiger partial charge >= 0.3 is 0 Å². The maximum absolute atomic E-state index is 12.1. The molecule has 1 atom stereocenters. The van der Waals surface area contributed by atoms with Crippen LogP contribution in [0.25, 0.3) is 0 Å². The summed E-state index contributed by atoms with van der Waals surface area (Å²) in [6, 6.07) is 2.05. The van der Waals surface area contributed by atoms with Crippen LogP contribution in [0.15, 0.2) is 6.07 Å². The lowest BCUT2D eigenvalue weighted by Crippen LogP contribution is -2.40. The second kappa shape index (κ2) is 7.56. The van der Waals surface area contributed by atoms with Crippen molar-refractivity contribution in [2.45, 2.75) is 39.3 Å². The van der Waals surface area contributed by atoms with Crippen LogP contribution in [0.4, 0.5) is 0 Å². The van der Waals surface area contributed by atoms with Crippen LogP contribution >= 0.6 is 0 Å². The molecule has 1 saturated heterocycles. The third-order valence-corrected chi connectivity index (χ3v) is 3.65. The molecule has 0 spiro atoms. The van der Waals surface area contributed by atoms with Crippen molar-refractivity contribution < 1.29 is 14.3 Å². The van der Waals surface area contributed by atoms with Crippen molar-refractivity contribution in [3.8, 4) is 0 Å². The van der Waals surface area contributed by atoms with E-state index in [1.807, 2.05) is 31.6 Å². The summed E-state index contributed by atoms with van der Waals surface area (Å²) in [6.07, 6.45) is 1.33.